The van der Waals surface area contributed by atoms with E-state index in [0.29, 0.717) is 0 Å². The van der Waals surface area contributed by atoms with Crippen LogP contribution in [0.2, 0.25) is 0 Å². The number of carboxylic acid groups (broad SMARTS) is 4. The minimum atomic E-state index is -1.47. The molecule has 5 N–H and O–H groups in total. The Kier molecular flexibility index (Phi) is 8.96. The molecule has 0 unspecified atom stereocenters. The third-order valence-electron chi connectivity index (χ3n) is 2.57. The van der Waals surface area contributed by atoms with Crippen LogP contribution in [-0.4, -0.2) is 98.5 Å². The number of nitrogens with zero attached hydrogens (tertiary/aromatic N) is 2. The van der Waals surface area contributed by atoms with Gasteiger partial charge in [-0.3, -0.25) is 19.3 Å². The third-order valence-corrected chi connectivity index (χ3v) is 2.57. The first-order valence-electron chi connectivity index (χ1n) is 6.34. The molecule has 0 atom stereocenters. The van der Waals surface area contributed by atoms with Crippen LogP contribution in [-0.2, 0) is 19.2 Å². The topological polar surface area (TPSA) is 176 Å². The van der Waals surface area contributed by atoms with Crippen molar-refractivity contribution in [2.24, 2.45) is 0 Å². The molecule has 0 aliphatic carbocycles. The van der Waals surface area contributed by atoms with Crippen LogP contribution in [0.3, 0.4) is 0 Å². The molecule has 0 amide bonds. The number of carbonyl (C=O) groups is 4. The summed E-state index contributed by atoms with van der Waals surface area (Å²) in [6.45, 7) is -2.97. The van der Waals surface area contributed by atoms with Gasteiger partial charge in [0.25, 0.3) is 0 Å². The summed E-state index contributed by atoms with van der Waals surface area (Å²) in [6, 6.07) is 0. The van der Waals surface area contributed by atoms with Crippen LogP contribution < -0.4 is 0 Å². The normalized spacial score (nSPS) is 11.3. The second-order valence-electron chi connectivity index (χ2n) is 4.39. The zero-order valence-electron chi connectivity index (χ0n) is 12.1. The highest BCUT2D eigenvalue weighted by Crippen LogP contribution is 2.05. The number of aliphatic hydroxyl groups excluding tert-OH is 1. The van der Waals surface area contributed by atoms with Crippen molar-refractivity contribution < 1.29 is 44.7 Å². The molecule has 0 rings (SSSR count). The molecule has 0 saturated heterocycles. The van der Waals surface area contributed by atoms with Crippen molar-refractivity contribution in [1.82, 2.24) is 9.80 Å². The Morgan fingerprint density at radius 1 is 0.783 bits per heavy atom. The summed E-state index contributed by atoms with van der Waals surface area (Å²) in [5, 5.41) is 44.1. The van der Waals surface area contributed by atoms with Gasteiger partial charge in [0.15, 0.2) is 0 Å². The molecular weight excluding hydrogens is 316 g/mol. The van der Waals surface area contributed by atoms with E-state index < -0.39 is 55.8 Å². The molecule has 0 aromatic carbocycles. The lowest BCUT2D eigenvalue weighted by molar-refractivity contribution is -0.143. The fourth-order valence-corrected chi connectivity index (χ4v) is 1.74. The molecule has 11 heteroatoms. The van der Waals surface area contributed by atoms with Gasteiger partial charge in [-0.15, -0.1) is 0 Å². The molecule has 0 aromatic rings. The molecule has 0 aliphatic heterocycles. The van der Waals surface area contributed by atoms with E-state index in [2.05, 4.69) is 0 Å². The van der Waals surface area contributed by atoms with Crippen molar-refractivity contribution >= 4 is 23.9 Å². The van der Waals surface area contributed by atoms with Crippen LogP contribution in [0.15, 0.2) is 11.8 Å². The van der Waals surface area contributed by atoms with Gasteiger partial charge < -0.3 is 30.4 Å². The molecule has 0 bridgehead atoms. The van der Waals surface area contributed by atoms with E-state index in [9.17, 15) is 19.2 Å². The predicted molar refractivity (Wildman–Crippen MR) is 73.7 cm³/mol. The Hall–Kier alpha value is -2.66. The molecule has 0 aliphatic rings. The highest BCUT2D eigenvalue weighted by atomic mass is 16.4. The Morgan fingerprint density at radius 2 is 1.26 bits per heavy atom. The first-order valence-corrected chi connectivity index (χ1v) is 6.34. The minimum Gasteiger partial charge on any atom is -0.480 e. The average molecular weight is 334 g/mol. The molecule has 0 radical (unpaired) electrons. The van der Waals surface area contributed by atoms with Crippen molar-refractivity contribution in [1.29, 1.82) is 0 Å². The third kappa shape index (κ3) is 9.06. The van der Waals surface area contributed by atoms with Gasteiger partial charge in [0, 0.05) is 13.1 Å². The molecule has 0 saturated carbocycles. The van der Waals surface area contributed by atoms with E-state index >= 15 is 0 Å². The summed E-state index contributed by atoms with van der Waals surface area (Å²) in [5.41, 5.74) is -0.472. The molecule has 130 valence electrons. The second kappa shape index (κ2) is 10.1. The lowest BCUT2D eigenvalue weighted by Gasteiger charge is -2.26. The molecule has 0 fully saturated rings. The summed E-state index contributed by atoms with van der Waals surface area (Å²) in [4.78, 5) is 45.2. The zero-order chi connectivity index (χ0) is 18.0. The number of carboxylic acids is 4. The summed E-state index contributed by atoms with van der Waals surface area (Å²) in [5.74, 6) is -5.36. The van der Waals surface area contributed by atoms with Crippen LogP contribution in [0.1, 0.15) is 0 Å². The quantitative estimate of drug-likeness (QED) is 0.245. The highest BCUT2D eigenvalue weighted by Gasteiger charge is 2.21. The first kappa shape index (κ1) is 20.3. The number of rotatable bonds is 12. The van der Waals surface area contributed by atoms with Crippen LogP contribution in [0.5, 0.6) is 0 Å². The van der Waals surface area contributed by atoms with Crippen molar-refractivity contribution in [3.8, 4) is 0 Å². The van der Waals surface area contributed by atoms with E-state index in [1.165, 1.54) is 0 Å². The molecule has 0 spiro atoms. The molecule has 0 heterocycles. The number of hydrogen-bond donors (Lipinski definition) is 5. The van der Waals surface area contributed by atoms with E-state index in [1.54, 1.807) is 0 Å². The van der Waals surface area contributed by atoms with Crippen molar-refractivity contribution in [2.45, 2.75) is 0 Å². The molecule has 23 heavy (non-hydrogen) atoms. The maximum Gasteiger partial charge on any atom is 0.351 e. The monoisotopic (exact) mass is 334 g/mol. The van der Waals surface area contributed by atoms with E-state index in [-0.39, 0.29) is 13.1 Å². The summed E-state index contributed by atoms with van der Waals surface area (Å²) in [6.07, 6.45) is 0.893. The van der Waals surface area contributed by atoms with Gasteiger partial charge in [-0.2, -0.15) is 0 Å². The van der Waals surface area contributed by atoms with Gasteiger partial charge in [0.2, 0.25) is 0 Å². The van der Waals surface area contributed by atoms with Gasteiger partial charge in [-0.05, 0) is 6.08 Å². The minimum absolute atomic E-state index is 0.193. The first-order chi connectivity index (χ1) is 10.7. The van der Waals surface area contributed by atoms with Crippen LogP contribution in [0.4, 0.5) is 0 Å². The van der Waals surface area contributed by atoms with Crippen molar-refractivity contribution in [3.05, 3.63) is 11.8 Å². The lowest BCUT2D eigenvalue weighted by Crippen LogP contribution is -2.42. The van der Waals surface area contributed by atoms with Crippen molar-refractivity contribution in [3.63, 3.8) is 0 Å². The summed E-state index contributed by atoms with van der Waals surface area (Å²) in [7, 11) is 0. The second-order valence-corrected chi connectivity index (χ2v) is 4.39. The smallest absolute Gasteiger partial charge is 0.351 e. The lowest BCUT2D eigenvalue weighted by atomic mass is 10.3. The van der Waals surface area contributed by atoms with Crippen molar-refractivity contribution in [2.75, 3.05) is 39.3 Å². The summed E-state index contributed by atoms with van der Waals surface area (Å²) >= 11 is 0. The van der Waals surface area contributed by atoms with Crippen LogP contribution >= 0.6 is 0 Å². The number of hydrogen-bond acceptors (Lipinski definition) is 7. The van der Waals surface area contributed by atoms with Gasteiger partial charge in [-0.1, -0.05) is 0 Å². The Morgan fingerprint density at radius 3 is 1.61 bits per heavy atom. The Labute approximate surface area is 130 Å². The van der Waals surface area contributed by atoms with E-state index in [0.717, 1.165) is 15.9 Å². The number of aliphatic hydroxyl groups is 1. The number of aliphatic carboxylic acids is 4. The van der Waals surface area contributed by atoms with E-state index in [1.807, 2.05) is 0 Å². The predicted octanol–water partition coefficient (Wildman–Crippen LogP) is -2.19. The Balaban J connectivity index is 5.08. The highest BCUT2D eigenvalue weighted by molar-refractivity contribution is 5.86. The fraction of sp³-hybridized carbons (Fsp3) is 0.500. The Bertz CT molecular complexity index is 473. The SMILES string of the molecule is O=C(O)CN(CCN(CC(=O)O)C(=CCO)C(=O)O)CC(=O)O. The van der Waals surface area contributed by atoms with Gasteiger partial charge in [0.1, 0.15) is 12.2 Å². The van der Waals surface area contributed by atoms with Crippen LogP contribution in [0.25, 0.3) is 0 Å². The maximum atomic E-state index is 11.1. The molecule has 11 nitrogen and oxygen atoms in total. The summed E-state index contributed by atoms with van der Waals surface area (Å²) < 4.78 is 0. The standard InChI is InChI=1S/C12H18N2O9/c15-4-1-8(12(22)23)14(7-11(20)21)3-2-13(5-9(16)17)6-10(18)19/h1,15H,2-7H2,(H,16,17)(H,18,19)(H,20,21)(H,22,23). The van der Waals surface area contributed by atoms with Crippen LogP contribution in [0, 0.1) is 0 Å². The van der Waals surface area contributed by atoms with Gasteiger partial charge in [0.05, 0.1) is 19.7 Å². The average Bonchev–Trinajstić information content (AvgIpc) is 2.38. The zero-order valence-corrected chi connectivity index (χ0v) is 12.1. The maximum absolute atomic E-state index is 11.1. The molecule has 0 aromatic heterocycles. The largest absolute Gasteiger partial charge is 0.480 e. The van der Waals surface area contributed by atoms with Gasteiger partial charge in [-0.25, -0.2) is 4.79 Å². The van der Waals surface area contributed by atoms with E-state index in [4.69, 9.17) is 25.5 Å². The molecular formula is C12H18N2O9. The fourth-order valence-electron chi connectivity index (χ4n) is 1.74. The van der Waals surface area contributed by atoms with Gasteiger partial charge >= 0.3 is 23.9 Å².